The third kappa shape index (κ3) is 3.39. The summed E-state index contributed by atoms with van der Waals surface area (Å²) in [6, 6.07) is 7.93. The standard InChI is InChI=1S/C23H25F2N3O/c24-16-3-4-18(21(25)13-16)15-11-19-20(14-26-23(19)29)22(12-15)28-9-5-17(6-10-28)27-7-1-2-8-27/h3-4,11-13,17H,1-2,5-10,14H2,(H,26,29). The summed E-state index contributed by atoms with van der Waals surface area (Å²) >= 11 is 0. The van der Waals surface area contributed by atoms with Crippen LogP contribution in [0.15, 0.2) is 30.3 Å². The molecule has 0 spiro atoms. The first-order chi connectivity index (χ1) is 14.1. The van der Waals surface area contributed by atoms with Gasteiger partial charge in [-0.05, 0) is 68.6 Å². The molecule has 1 N–H and O–H groups in total. The number of amides is 1. The molecule has 29 heavy (non-hydrogen) atoms. The molecule has 2 aromatic carbocycles. The summed E-state index contributed by atoms with van der Waals surface area (Å²) < 4.78 is 27.8. The highest BCUT2D eigenvalue weighted by atomic mass is 19.1. The minimum atomic E-state index is -0.609. The number of hydrogen-bond acceptors (Lipinski definition) is 3. The second-order valence-corrected chi connectivity index (χ2v) is 8.29. The lowest BCUT2D eigenvalue weighted by Gasteiger charge is -2.38. The van der Waals surface area contributed by atoms with Gasteiger partial charge in [0.1, 0.15) is 11.6 Å². The molecule has 0 radical (unpaired) electrons. The molecule has 6 heteroatoms. The van der Waals surface area contributed by atoms with E-state index in [1.165, 1.54) is 38.1 Å². The number of likely N-dealkylation sites (tertiary alicyclic amines) is 1. The van der Waals surface area contributed by atoms with Gasteiger partial charge in [0.2, 0.25) is 0 Å². The van der Waals surface area contributed by atoms with Gasteiger partial charge in [0.05, 0.1) is 0 Å². The van der Waals surface area contributed by atoms with E-state index in [-0.39, 0.29) is 5.91 Å². The van der Waals surface area contributed by atoms with Gasteiger partial charge in [-0.25, -0.2) is 8.78 Å². The summed E-state index contributed by atoms with van der Waals surface area (Å²) in [5.41, 5.74) is 3.53. The predicted octanol–water partition coefficient (Wildman–Crippen LogP) is 3.94. The first-order valence-corrected chi connectivity index (χ1v) is 10.5. The summed E-state index contributed by atoms with van der Waals surface area (Å²) in [5, 5.41) is 2.89. The van der Waals surface area contributed by atoms with Crippen molar-refractivity contribution < 1.29 is 13.6 Å². The monoisotopic (exact) mass is 397 g/mol. The van der Waals surface area contributed by atoms with Crippen molar-refractivity contribution in [1.82, 2.24) is 10.2 Å². The Kier molecular flexibility index (Phi) is 4.74. The Balaban J connectivity index is 1.47. The van der Waals surface area contributed by atoms with Gasteiger partial charge in [-0.3, -0.25) is 4.79 Å². The minimum absolute atomic E-state index is 0.127. The van der Waals surface area contributed by atoms with Crippen LogP contribution in [0, 0.1) is 11.6 Å². The van der Waals surface area contributed by atoms with E-state index in [9.17, 15) is 13.6 Å². The average Bonchev–Trinajstić information content (AvgIpc) is 3.38. The van der Waals surface area contributed by atoms with Crippen LogP contribution in [0.4, 0.5) is 14.5 Å². The van der Waals surface area contributed by atoms with Crippen molar-refractivity contribution in [3.05, 3.63) is 53.1 Å². The Morgan fingerprint density at radius 3 is 2.41 bits per heavy atom. The molecular weight excluding hydrogens is 372 g/mol. The highest BCUT2D eigenvalue weighted by Gasteiger charge is 2.30. The fourth-order valence-corrected chi connectivity index (χ4v) is 5.05. The van der Waals surface area contributed by atoms with Crippen LogP contribution in [0.3, 0.4) is 0 Å². The van der Waals surface area contributed by atoms with E-state index in [0.717, 1.165) is 43.2 Å². The van der Waals surface area contributed by atoms with E-state index in [4.69, 9.17) is 0 Å². The van der Waals surface area contributed by atoms with Gasteiger partial charge in [0.15, 0.2) is 0 Å². The Bertz CT molecular complexity index is 947. The molecule has 2 fully saturated rings. The van der Waals surface area contributed by atoms with Crippen LogP contribution >= 0.6 is 0 Å². The van der Waals surface area contributed by atoms with Crippen LogP contribution in [0.25, 0.3) is 11.1 Å². The van der Waals surface area contributed by atoms with Crippen LogP contribution in [-0.2, 0) is 6.54 Å². The van der Waals surface area contributed by atoms with Crippen molar-refractivity contribution in [3.8, 4) is 11.1 Å². The molecule has 1 amide bonds. The SMILES string of the molecule is O=C1NCc2c1cc(-c1ccc(F)cc1F)cc2N1CCC(N2CCCC2)CC1. The van der Waals surface area contributed by atoms with E-state index >= 15 is 0 Å². The summed E-state index contributed by atoms with van der Waals surface area (Å²) in [4.78, 5) is 17.3. The van der Waals surface area contributed by atoms with Crippen LogP contribution < -0.4 is 10.2 Å². The molecule has 3 aliphatic heterocycles. The highest BCUT2D eigenvalue weighted by molar-refractivity contribution is 6.01. The zero-order valence-electron chi connectivity index (χ0n) is 16.4. The summed E-state index contributed by atoms with van der Waals surface area (Å²) in [5.74, 6) is -1.34. The third-order valence-corrected chi connectivity index (χ3v) is 6.60. The topological polar surface area (TPSA) is 35.6 Å². The number of fused-ring (bicyclic) bond motifs is 1. The number of carbonyl (C=O) groups excluding carboxylic acids is 1. The molecule has 152 valence electrons. The van der Waals surface area contributed by atoms with Gasteiger partial charge in [-0.2, -0.15) is 0 Å². The van der Waals surface area contributed by atoms with Crippen LogP contribution in [0.5, 0.6) is 0 Å². The number of rotatable bonds is 3. The molecule has 4 nitrogen and oxygen atoms in total. The summed E-state index contributed by atoms with van der Waals surface area (Å²) in [6.07, 6.45) is 4.80. The molecule has 0 aliphatic carbocycles. The van der Waals surface area contributed by atoms with Gasteiger partial charge in [-0.1, -0.05) is 0 Å². The van der Waals surface area contributed by atoms with Gasteiger partial charge in [0.25, 0.3) is 5.91 Å². The van der Waals surface area contributed by atoms with Crippen molar-refractivity contribution in [2.75, 3.05) is 31.1 Å². The van der Waals surface area contributed by atoms with E-state index in [1.807, 2.05) is 6.07 Å². The number of piperidine rings is 1. The first kappa shape index (κ1) is 18.6. The second-order valence-electron chi connectivity index (χ2n) is 8.29. The lowest BCUT2D eigenvalue weighted by Crippen LogP contribution is -2.44. The van der Waals surface area contributed by atoms with E-state index in [0.29, 0.717) is 29.3 Å². The van der Waals surface area contributed by atoms with Crippen molar-refractivity contribution in [3.63, 3.8) is 0 Å². The molecule has 3 aliphatic rings. The molecule has 0 unspecified atom stereocenters. The number of benzene rings is 2. The summed E-state index contributed by atoms with van der Waals surface area (Å²) in [6.45, 7) is 4.77. The highest BCUT2D eigenvalue weighted by Crippen LogP contribution is 2.36. The minimum Gasteiger partial charge on any atom is -0.371 e. The van der Waals surface area contributed by atoms with Gasteiger partial charge >= 0.3 is 0 Å². The zero-order valence-corrected chi connectivity index (χ0v) is 16.4. The van der Waals surface area contributed by atoms with Crippen molar-refractivity contribution in [1.29, 1.82) is 0 Å². The second kappa shape index (κ2) is 7.41. The number of hydrogen-bond donors (Lipinski definition) is 1. The van der Waals surface area contributed by atoms with Gasteiger partial charge in [-0.15, -0.1) is 0 Å². The first-order valence-electron chi connectivity index (χ1n) is 10.5. The zero-order chi connectivity index (χ0) is 20.0. The van der Waals surface area contributed by atoms with Crippen LogP contribution in [-0.4, -0.2) is 43.0 Å². The normalized spacial score (nSPS) is 20.2. The number of carbonyl (C=O) groups is 1. The fraction of sp³-hybridized carbons (Fsp3) is 0.435. The Labute approximate surface area is 169 Å². The lowest BCUT2D eigenvalue weighted by atomic mass is 9.95. The maximum absolute atomic E-state index is 14.4. The predicted molar refractivity (Wildman–Crippen MR) is 109 cm³/mol. The Morgan fingerprint density at radius 1 is 0.931 bits per heavy atom. The van der Waals surface area contributed by atoms with Gasteiger partial charge in [0, 0.05) is 54.1 Å². The summed E-state index contributed by atoms with van der Waals surface area (Å²) in [7, 11) is 0. The molecule has 0 bridgehead atoms. The molecule has 2 aromatic rings. The number of anilines is 1. The molecule has 0 atom stereocenters. The molecule has 0 aromatic heterocycles. The smallest absolute Gasteiger partial charge is 0.251 e. The van der Waals surface area contributed by atoms with E-state index in [2.05, 4.69) is 15.1 Å². The number of halogens is 2. The molecule has 0 saturated carbocycles. The maximum Gasteiger partial charge on any atom is 0.251 e. The molecule has 3 heterocycles. The molecule has 2 saturated heterocycles. The fourth-order valence-electron chi connectivity index (χ4n) is 5.05. The Morgan fingerprint density at radius 2 is 1.69 bits per heavy atom. The van der Waals surface area contributed by atoms with Crippen molar-refractivity contribution >= 4 is 11.6 Å². The average molecular weight is 397 g/mol. The molecular formula is C23H25F2N3O. The van der Waals surface area contributed by atoms with E-state index in [1.54, 1.807) is 6.07 Å². The van der Waals surface area contributed by atoms with Crippen molar-refractivity contribution in [2.24, 2.45) is 0 Å². The number of nitrogens with zero attached hydrogens (tertiary/aromatic N) is 2. The van der Waals surface area contributed by atoms with Crippen LogP contribution in [0.2, 0.25) is 0 Å². The maximum atomic E-state index is 14.4. The lowest BCUT2D eigenvalue weighted by molar-refractivity contribution is 0.0966. The Hall–Kier alpha value is -2.47. The number of nitrogens with one attached hydrogen (secondary N) is 1. The quantitative estimate of drug-likeness (QED) is 0.852. The largest absolute Gasteiger partial charge is 0.371 e. The van der Waals surface area contributed by atoms with Crippen molar-refractivity contribution in [2.45, 2.75) is 38.3 Å². The molecule has 5 rings (SSSR count). The van der Waals surface area contributed by atoms with Crippen LogP contribution in [0.1, 0.15) is 41.6 Å². The third-order valence-electron chi connectivity index (χ3n) is 6.60. The van der Waals surface area contributed by atoms with Gasteiger partial charge < -0.3 is 15.1 Å². The van der Waals surface area contributed by atoms with E-state index < -0.39 is 11.6 Å².